The molecule has 1 fully saturated rings. The van der Waals surface area contributed by atoms with Crippen LogP contribution >= 0.6 is 11.6 Å². The minimum absolute atomic E-state index is 0.0291. The van der Waals surface area contributed by atoms with Crippen LogP contribution in [-0.2, 0) is 4.79 Å². The number of hydrogen-bond donors (Lipinski definition) is 1. The number of amides is 1. The number of nitrogens with zero attached hydrogens (tertiary/aromatic N) is 1. The van der Waals surface area contributed by atoms with Crippen LogP contribution in [0.5, 0.6) is 0 Å². The van der Waals surface area contributed by atoms with Crippen LogP contribution in [0.3, 0.4) is 0 Å². The molecule has 1 N–H and O–H groups in total. The van der Waals surface area contributed by atoms with Crippen LogP contribution < -0.4 is 0 Å². The molecule has 0 unspecified atom stereocenters. The summed E-state index contributed by atoms with van der Waals surface area (Å²) in [5.74, 6) is 0.0226. The second-order valence-electron chi connectivity index (χ2n) is 2.75. The fourth-order valence-electron chi connectivity index (χ4n) is 1.20. The Bertz CT molecular complexity index is 143. The van der Waals surface area contributed by atoms with Crippen LogP contribution in [0.25, 0.3) is 0 Å². The molecule has 1 saturated heterocycles. The molecule has 1 aliphatic rings. The van der Waals surface area contributed by atoms with E-state index in [1.165, 1.54) is 0 Å². The first-order chi connectivity index (χ1) is 5.24. The van der Waals surface area contributed by atoms with Gasteiger partial charge in [0.05, 0.1) is 6.10 Å². The number of aliphatic hydroxyl groups excluding tert-OH is 1. The second-order valence-corrected chi connectivity index (χ2v) is 3.01. The van der Waals surface area contributed by atoms with Crippen molar-refractivity contribution in [1.29, 1.82) is 0 Å². The first kappa shape index (κ1) is 8.81. The average Bonchev–Trinajstić information content (AvgIpc) is 2.05. The lowest BCUT2D eigenvalue weighted by molar-refractivity contribution is -0.130. The Hall–Kier alpha value is -0.280. The quantitative estimate of drug-likeness (QED) is 0.582. The maximum absolute atomic E-state index is 11.0. The van der Waals surface area contributed by atoms with Crippen molar-refractivity contribution in [2.75, 3.05) is 19.0 Å². The molecule has 0 aromatic carbocycles. The minimum Gasteiger partial charge on any atom is -0.393 e. The summed E-state index contributed by atoms with van der Waals surface area (Å²) in [5, 5.41) is 9.11. The highest BCUT2D eigenvalue weighted by Crippen LogP contribution is 2.09. The van der Waals surface area contributed by atoms with E-state index in [4.69, 9.17) is 16.7 Å². The minimum atomic E-state index is -0.227. The van der Waals surface area contributed by atoms with Crippen LogP contribution in [0.1, 0.15) is 12.8 Å². The highest BCUT2D eigenvalue weighted by molar-refractivity contribution is 6.27. The summed E-state index contributed by atoms with van der Waals surface area (Å²) in [7, 11) is 0. The molecule has 0 saturated carbocycles. The zero-order valence-corrected chi connectivity index (χ0v) is 7.05. The van der Waals surface area contributed by atoms with E-state index in [0.717, 1.165) is 0 Å². The normalized spacial score (nSPS) is 20.4. The monoisotopic (exact) mass is 177 g/mol. The van der Waals surface area contributed by atoms with E-state index in [-0.39, 0.29) is 17.9 Å². The molecule has 0 radical (unpaired) electrons. The summed E-state index contributed by atoms with van der Waals surface area (Å²) in [6, 6.07) is 0. The summed E-state index contributed by atoms with van der Waals surface area (Å²) in [4.78, 5) is 12.7. The first-order valence-electron chi connectivity index (χ1n) is 3.76. The van der Waals surface area contributed by atoms with Gasteiger partial charge in [0, 0.05) is 13.1 Å². The highest BCUT2D eigenvalue weighted by Gasteiger charge is 2.19. The Kier molecular flexibility index (Phi) is 3.15. The van der Waals surface area contributed by atoms with Gasteiger partial charge >= 0.3 is 0 Å². The van der Waals surface area contributed by atoms with E-state index in [1.54, 1.807) is 4.90 Å². The van der Waals surface area contributed by atoms with Crippen LogP contribution in [0.2, 0.25) is 0 Å². The number of halogens is 1. The number of carbonyl (C=O) groups is 1. The highest BCUT2D eigenvalue weighted by atomic mass is 35.5. The number of hydrogen-bond acceptors (Lipinski definition) is 2. The van der Waals surface area contributed by atoms with Crippen molar-refractivity contribution in [2.24, 2.45) is 0 Å². The third-order valence-electron chi connectivity index (χ3n) is 1.93. The Morgan fingerprint density at radius 1 is 1.55 bits per heavy atom. The zero-order valence-electron chi connectivity index (χ0n) is 6.29. The van der Waals surface area contributed by atoms with Crippen LogP contribution in [0, 0.1) is 0 Å². The summed E-state index contributed by atoms with van der Waals surface area (Å²) in [6.07, 6.45) is 1.14. The van der Waals surface area contributed by atoms with Gasteiger partial charge in [-0.3, -0.25) is 4.79 Å². The second kappa shape index (κ2) is 3.93. The summed E-state index contributed by atoms with van der Waals surface area (Å²) >= 11 is 5.37. The zero-order chi connectivity index (χ0) is 8.27. The number of alkyl halides is 1. The SMILES string of the molecule is O=C(CCl)N1CCC(O)CC1. The van der Waals surface area contributed by atoms with Crippen molar-refractivity contribution < 1.29 is 9.90 Å². The van der Waals surface area contributed by atoms with E-state index < -0.39 is 0 Å². The van der Waals surface area contributed by atoms with Gasteiger partial charge in [0.15, 0.2) is 0 Å². The van der Waals surface area contributed by atoms with Crippen molar-refractivity contribution in [3.8, 4) is 0 Å². The molecule has 0 bridgehead atoms. The molecule has 0 spiro atoms. The molecule has 11 heavy (non-hydrogen) atoms. The van der Waals surface area contributed by atoms with Gasteiger partial charge in [-0.05, 0) is 12.8 Å². The molecule has 0 aromatic rings. The van der Waals surface area contributed by atoms with Gasteiger partial charge in [-0.2, -0.15) is 0 Å². The van der Waals surface area contributed by atoms with Gasteiger partial charge < -0.3 is 10.0 Å². The van der Waals surface area contributed by atoms with Gasteiger partial charge in [-0.15, -0.1) is 11.6 Å². The lowest BCUT2D eigenvalue weighted by atomic mass is 10.1. The molecule has 0 atom stereocenters. The average molecular weight is 178 g/mol. The van der Waals surface area contributed by atoms with Crippen molar-refractivity contribution in [3.05, 3.63) is 0 Å². The summed E-state index contributed by atoms with van der Waals surface area (Å²) in [5.41, 5.74) is 0. The molecule has 4 heteroatoms. The molecular formula is C7H12ClNO2. The van der Waals surface area contributed by atoms with Crippen molar-refractivity contribution in [3.63, 3.8) is 0 Å². The van der Waals surface area contributed by atoms with Gasteiger partial charge in [0.2, 0.25) is 5.91 Å². The molecule has 1 amide bonds. The lowest BCUT2D eigenvalue weighted by Gasteiger charge is -2.28. The maximum Gasteiger partial charge on any atom is 0.237 e. The van der Waals surface area contributed by atoms with Gasteiger partial charge in [0.25, 0.3) is 0 Å². The predicted molar refractivity (Wildman–Crippen MR) is 42.5 cm³/mol. The number of aliphatic hydroxyl groups is 1. The molecule has 0 aromatic heterocycles. The Labute approximate surface area is 70.9 Å². The third kappa shape index (κ3) is 2.34. The number of carbonyl (C=O) groups excluding carboxylic acids is 1. The van der Waals surface area contributed by atoms with Gasteiger partial charge in [-0.1, -0.05) is 0 Å². The fraction of sp³-hybridized carbons (Fsp3) is 0.857. The van der Waals surface area contributed by atoms with E-state index >= 15 is 0 Å². The van der Waals surface area contributed by atoms with Crippen molar-refractivity contribution >= 4 is 17.5 Å². The number of rotatable bonds is 1. The molecule has 1 aliphatic heterocycles. The topological polar surface area (TPSA) is 40.5 Å². The van der Waals surface area contributed by atoms with Crippen LogP contribution in [0.4, 0.5) is 0 Å². The van der Waals surface area contributed by atoms with Crippen LogP contribution in [0.15, 0.2) is 0 Å². The Morgan fingerprint density at radius 3 is 2.55 bits per heavy atom. The number of piperidine rings is 1. The predicted octanol–water partition coefficient (Wildman–Crippen LogP) is 0.208. The third-order valence-corrected chi connectivity index (χ3v) is 2.16. The largest absolute Gasteiger partial charge is 0.393 e. The van der Waals surface area contributed by atoms with E-state index in [9.17, 15) is 4.79 Å². The number of likely N-dealkylation sites (tertiary alicyclic amines) is 1. The smallest absolute Gasteiger partial charge is 0.237 e. The lowest BCUT2D eigenvalue weighted by Crippen LogP contribution is -2.40. The molecule has 1 rings (SSSR count). The van der Waals surface area contributed by atoms with E-state index in [2.05, 4.69) is 0 Å². The van der Waals surface area contributed by atoms with Crippen LogP contribution in [-0.4, -0.2) is 41.0 Å². The standard InChI is InChI=1S/C7H12ClNO2/c8-5-7(11)9-3-1-6(10)2-4-9/h6,10H,1-5H2. The maximum atomic E-state index is 11.0. The molecule has 0 aliphatic carbocycles. The van der Waals surface area contributed by atoms with Gasteiger partial charge in [-0.25, -0.2) is 0 Å². The summed E-state index contributed by atoms with van der Waals surface area (Å²) < 4.78 is 0. The fourth-order valence-corrected chi connectivity index (χ4v) is 1.37. The molecule has 1 heterocycles. The first-order valence-corrected chi connectivity index (χ1v) is 4.29. The van der Waals surface area contributed by atoms with E-state index in [0.29, 0.717) is 25.9 Å². The Morgan fingerprint density at radius 2 is 2.09 bits per heavy atom. The molecular weight excluding hydrogens is 166 g/mol. The molecule has 3 nitrogen and oxygen atoms in total. The van der Waals surface area contributed by atoms with Crippen molar-refractivity contribution in [1.82, 2.24) is 4.90 Å². The van der Waals surface area contributed by atoms with E-state index in [1.807, 2.05) is 0 Å². The Balaban J connectivity index is 2.33. The summed E-state index contributed by atoms with van der Waals surface area (Å²) in [6.45, 7) is 1.29. The van der Waals surface area contributed by atoms with Crippen molar-refractivity contribution in [2.45, 2.75) is 18.9 Å². The van der Waals surface area contributed by atoms with Gasteiger partial charge in [0.1, 0.15) is 5.88 Å². The molecule has 64 valence electrons.